The van der Waals surface area contributed by atoms with Gasteiger partial charge in [0, 0.05) is 46.3 Å². The summed E-state index contributed by atoms with van der Waals surface area (Å²) in [5.74, 6) is 0.868. The van der Waals surface area contributed by atoms with Crippen LogP contribution in [0, 0.1) is 0 Å². The Hall–Kier alpha value is -2.61. The molecule has 2 amide bonds. The van der Waals surface area contributed by atoms with Crippen molar-refractivity contribution in [1.82, 2.24) is 25.3 Å². The minimum atomic E-state index is 0.00722. The molecule has 0 unspecified atom stereocenters. The molecule has 1 saturated carbocycles. The average molecular weight is 401 g/mol. The first-order valence-electron chi connectivity index (χ1n) is 10.3. The maximum absolute atomic E-state index is 12.0. The number of carbonyl (C=O) groups is 2. The topological polar surface area (TPSA) is 80.3 Å². The minimum absolute atomic E-state index is 0.00722. The van der Waals surface area contributed by atoms with Crippen LogP contribution < -0.4 is 10.6 Å². The molecule has 2 aliphatic rings. The van der Waals surface area contributed by atoms with Gasteiger partial charge in [0.05, 0.1) is 19.6 Å². The summed E-state index contributed by atoms with van der Waals surface area (Å²) in [7, 11) is 3.49. The number of piperazine rings is 1. The SMILES string of the molecule is CN(C)C(=O)CNC(=NCc1ccccc1)N1CCN(CC(=O)NC2CC2)CC1. The van der Waals surface area contributed by atoms with Gasteiger partial charge in [-0.3, -0.25) is 14.5 Å². The van der Waals surface area contributed by atoms with E-state index in [1.54, 1.807) is 19.0 Å². The van der Waals surface area contributed by atoms with E-state index in [0.717, 1.165) is 50.5 Å². The summed E-state index contributed by atoms with van der Waals surface area (Å²) in [6.07, 6.45) is 2.22. The zero-order valence-corrected chi connectivity index (χ0v) is 17.4. The Morgan fingerprint density at radius 2 is 1.79 bits per heavy atom. The molecular formula is C21H32N6O2. The fraction of sp³-hybridized carbons (Fsp3) is 0.571. The third kappa shape index (κ3) is 7.05. The molecule has 1 aromatic rings. The number of carbonyl (C=O) groups excluding carboxylic acids is 2. The molecule has 1 aliphatic carbocycles. The van der Waals surface area contributed by atoms with Gasteiger partial charge in [-0.1, -0.05) is 30.3 Å². The minimum Gasteiger partial charge on any atom is -0.352 e. The van der Waals surface area contributed by atoms with E-state index in [9.17, 15) is 9.59 Å². The van der Waals surface area contributed by atoms with Crippen LogP contribution in [0.2, 0.25) is 0 Å². The normalized spacial score (nSPS) is 17.7. The standard InChI is InChI=1S/C21H32N6O2/c1-25(2)20(29)15-23-21(22-14-17-6-4-3-5-7-17)27-12-10-26(11-13-27)16-19(28)24-18-8-9-18/h3-7,18H,8-16H2,1-2H3,(H,22,23)(H,24,28). The molecule has 29 heavy (non-hydrogen) atoms. The highest BCUT2D eigenvalue weighted by atomic mass is 16.2. The lowest BCUT2D eigenvalue weighted by atomic mass is 10.2. The van der Waals surface area contributed by atoms with Gasteiger partial charge in [-0.25, -0.2) is 4.99 Å². The molecule has 3 rings (SSSR count). The number of rotatable bonds is 7. The van der Waals surface area contributed by atoms with Crippen LogP contribution in [0.15, 0.2) is 35.3 Å². The smallest absolute Gasteiger partial charge is 0.241 e. The van der Waals surface area contributed by atoms with E-state index in [1.165, 1.54) is 0 Å². The van der Waals surface area contributed by atoms with Crippen LogP contribution in [-0.2, 0) is 16.1 Å². The Kier molecular flexibility index (Phi) is 7.46. The van der Waals surface area contributed by atoms with Crippen LogP contribution in [0.1, 0.15) is 18.4 Å². The number of nitrogens with one attached hydrogen (secondary N) is 2. The highest BCUT2D eigenvalue weighted by molar-refractivity contribution is 5.86. The van der Waals surface area contributed by atoms with Crippen molar-refractivity contribution in [3.63, 3.8) is 0 Å². The van der Waals surface area contributed by atoms with E-state index in [-0.39, 0.29) is 18.4 Å². The number of amides is 2. The first-order valence-corrected chi connectivity index (χ1v) is 10.3. The number of nitrogens with zero attached hydrogens (tertiary/aromatic N) is 4. The molecule has 0 atom stereocenters. The van der Waals surface area contributed by atoms with Gasteiger partial charge in [-0.2, -0.15) is 0 Å². The fourth-order valence-electron chi connectivity index (χ4n) is 3.15. The molecule has 1 heterocycles. The van der Waals surface area contributed by atoms with Crippen molar-refractivity contribution in [1.29, 1.82) is 0 Å². The van der Waals surface area contributed by atoms with Crippen molar-refractivity contribution in [3.8, 4) is 0 Å². The third-order valence-corrected chi connectivity index (χ3v) is 5.13. The lowest BCUT2D eigenvalue weighted by Gasteiger charge is -2.36. The molecular weight excluding hydrogens is 368 g/mol. The summed E-state index contributed by atoms with van der Waals surface area (Å²) in [6.45, 7) is 4.36. The van der Waals surface area contributed by atoms with Gasteiger partial charge in [0.25, 0.3) is 0 Å². The number of guanidine groups is 1. The lowest BCUT2D eigenvalue weighted by Crippen LogP contribution is -2.55. The largest absolute Gasteiger partial charge is 0.352 e. The lowest BCUT2D eigenvalue weighted by molar-refractivity contribution is -0.127. The quantitative estimate of drug-likeness (QED) is 0.502. The van der Waals surface area contributed by atoms with E-state index in [0.29, 0.717) is 19.1 Å². The number of hydrogen-bond donors (Lipinski definition) is 2. The molecule has 8 nitrogen and oxygen atoms in total. The summed E-state index contributed by atoms with van der Waals surface area (Å²) in [4.78, 5) is 34.7. The molecule has 0 aromatic heterocycles. The van der Waals surface area contributed by atoms with E-state index >= 15 is 0 Å². The molecule has 8 heteroatoms. The van der Waals surface area contributed by atoms with Crippen molar-refractivity contribution >= 4 is 17.8 Å². The second kappa shape index (κ2) is 10.2. The van der Waals surface area contributed by atoms with Gasteiger partial charge in [-0.05, 0) is 18.4 Å². The molecule has 0 bridgehead atoms. The summed E-state index contributed by atoms with van der Waals surface area (Å²) >= 11 is 0. The summed E-state index contributed by atoms with van der Waals surface area (Å²) in [5, 5.41) is 6.26. The monoisotopic (exact) mass is 400 g/mol. The summed E-state index contributed by atoms with van der Waals surface area (Å²) in [5.41, 5.74) is 1.13. The van der Waals surface area contributed by atoms with Crippen molar-refractivity contribution in [2.24, 2.45) is 4.99 Å². The van der Waals surface area contributed by atoms with Gasteiger partial charge in [0.1, 0.15) is 0 Å². The number of aliphatic imine (C=N–C) groups is 1. The second-order valence-corrected chi connectivity index (χ2v) is 7.87. The Morgan fingerprint density at radius 1 is 1.10 bits per heavy atom. The van der Waals surface area contributed by atoms with Crippen LogP contribution in [0.25, 0.3) is 0 Å². The Morgan fingerprint density at radius 3 is 2.41 bits per heavy atom. The van der Waals surface area contributed by atoms with Crippen molar-refractivity contribution in [2.45, 2.75) is 25.4 Å². The van der Waals surface area contributed by atoms with Crippen molar-refractivity contribution in [2.75, 3.05) is 53.4 Å². The Bertz CT molecular complexity index is 709. The molecule has 158 valence electrons. The number of likely N-dealkylation sites (N-methyl/N-ethyl adjacent to an activating group) is 1. The first kappa shape index (κ1) is 21.1. The summed E-state index contributed by atoms with van der Waals surface area (Å²) < 4.78 is 0. The zero-order chi connectivity index (χ0) is 20.6. The van der Waals surface area contributed by atoms with Crippen LogP contribution in [0.4, 0.5) is 0 Å². The maximum Gasteiger partial charge on any atom is 0.241 e. The van der Waals surface area contributed by atoms with E-state index < -0.39 is 0 Å². The molecule has 0 spiro atoms. The highest BCUT2D eigenvalue weighted by Crippen LogP contribution is 2.18. The van der Waals surface area contributed by atoms with Gasteiger partial charge >= 0.3 is 0 Å². The van der Waals surface area contributed by atoms with Gasteiger partial charge < -0.3 is 20.4 Å². The molecule has 2 fully saturated rings. The second-order valence-electron chi connectivity index (χ2n) is 7.87. The number of hydrogen-bond acceptors (Lipinski definition) is 4. The average Bonchev–Trinajstić information content (AvgIpc) is 3.53. The zero-order valence-electron chi connectivity index (χ0n) is 17.4. The molecule has 1 aromatic carbocycles. The molecule has 1 saturated heterocycles. The van der Waals surface area contributed by atoms with Crippen LogP contribution in [0.3, 0.4) is 0 Å². The van der Waals surface area contributed by atoms with Gasteiger partial charge in [-0.15, -0.1) is 0 Å². The predicted molar refractivity (Wildman–Crippen MR) is 113 cm³/mol. The first-order chi connectivity index (χ1) is 14.0. The Labute approximate surface area is 172 Å². The number of benzene rings is 1. The molecule has 1 aliphatic heterocycles. The van der Waals surface area contributed by atoms with Crippen LogP contribution in [-0.4, -0.2) is 91.9 Å². The molecule has 2 N–H and O–H groups in total. The van der Waals surface area contributed by atoms with Crippen molar-refractivity contribution in [3.05, 3.63) is 35.9 Å². The fourth-order valence-corrected chi connectivity index (χ4v) is 3.15. The highest BCUT2D eigenvalue weighted by Gasteiger charge is 2.26. The van der Waals surface area contributed by atoms with Gasteiger partial charge in [0.2, 0.25) is 11.8 Å². The van der Waals surface area contributed by atoms with Gasteiger partial charge in [0.15, 0.2) is 5.96 Å². The van der Waals surface area contributed by atoms with E-state index in [1.807, 2.05) is 30.3 Å². The van der Waals surface area contributed by atoms with E-state index in [4.69, 9.17) is 4.99 Å². The summed E-state index contributed by atoms with van der Waals surface area (Å²) in [6, 6.07) is 10.5. The van der Waals surface area contributed by atoms with Crippen molar-refractivity contribution < 1.29 is 9.59 Å². The van der Waals surface area contributed by atoms with E-state index in [2.05, 4.69) is 20.4 Å². The maximum atomic E-state index is 12.0. The van der Waals surface area contributed by atoms with Crippen LogP contribution in [0.5, 0.6) is 0 Å². The predicted octanol–water partition coefficient (Wildman–Crippen LogP) is 0.117. The Balaban J connectivity index is 1.55. The third-order valence-electron chi connectivity index (χ3n) is 5.13. The van der Waals surface area contributed by atoms with Crippen LogP contribution >= 0.6 is 0 Å². The molecule has 0 radical (unpaired) electrons.